The molecule has 0 amide bonds. The van der Waals surface area contributed by atoms with E-state index < -0.39 is 5.97 Å². The summed E-state index contributed by atoms with van der Waals surface area (Å²) in [6, 6.07) is 0. The van der Waals surface area contributed by atoms with Gasteiger partial charge in [-0.05, 0) is 52.5 Å². The third-order valence-corrected chi connectivity index (χ3v) is 3.21. The van der Waals surface area contributed by atoms with Crippen LogP contribution in [0.25, 0.3) is 0 Å². The molecule has 1 aliphatic rings. The lowest BCUT2D eigenvalue weighted by Crippen LogP contribution is -2.24. The summed E-state index contributed by atoms with van der Waals surface area (Å²) in [5.74, 6) is -1.02. The second-order valence-electron chi connectivity index (χ2n) is 5.24. The Balaban J connectivity index is 2.40. The molecular formula is C12H23NO3. The van der Waals surface area contributed by atoms with Gasteiger partial charge >= 0.3 is 5.97 Å². The van der Waals surface area contributed by atoms with Crippen molar-refractivity contribution in [1.82, 2.24) is 0 Å². The van der Waals surface area contributed by atoms with Crippen molar-refractivity contribution in [2.75, 3.05) is 6.54 Å². The first-order valence-electron chi connectivity index (χ1n) is 6.05. The number of nitrogens with two attached hydrogens (primary N) is 1. The van der Waals surface area contributed by atoms with E-state index in [0.29, 0.717) is 19.4 Å². The highest BCUT2D eigenvalue weighted by molar-refractivity contribution is 5.69. The van der Waals surface area contributed by atoms with Crippen LogP contribution in [0.15, 0.2) is 0 Å². The van der Waals surface area contributed by atoms with E-state index in [9.17, 15) is 4.79 Å². The minimum Gasteiger partial charge on any atom is -0.481 e. The monoisotopic (exact) mass is 229 g/mol. The van der Waals surface area contributed by atoms with Crippen molar-refractivity contribution in [1.29, 1.82) is 0 Å². The van der Waals surface area contributed by atoms with Gasteiger partial charge in [0.05, 0.1) is 17.6 Å². The Hall–Kier alpha value is -0.610. The van der Waals surface area contributed by atoms with Crippen LogP contribution in [0.4, 0.5) is 0 Å². The molecule has 16 heavy (non-hydrogen) atoms. The number of hydrogen-bond acceptors (Lipinski definition) is 3. The van der Waals surface area contributed by atoms with E-state index in [-0.39, 0.29) is 17.6 Å². The predicted molar refractivity (Wildman–Crippen MR) is 62.2 cm³/mol. The van der Waals surface area contributed by atoms with Crippen LogP contribution in [-0.4, -0.2) is 29.3 Å². The average molecular weight is 229 g/mol. The standard InChI is InChI=1S/C12H23NO3/c1-12(2)6-5-10(16-12)8-9(11(14)15)4-3-7-13/h9-10H,3-8,13H2,1-2H3,(H,14,15). The maximum Gasteiger partial charge on any atom is 0.306 e. The number of carboxylic acid groups (broad SMARTS) is 1. The Morgan fingerprint density at radius 3 is 2.75 bits per heavy atom. The molecule has 1 rings (SSSR count). The van der Waals surface area contributed by atoms with Crippen LogP contribution in [0.5, 0.6) is 0 Å². The Bertz CT molecular complexity index is 240. The van der Waals surface area contributed by atoms with E-state index in [1.807, 2.05) is 0 Å². The van der Waals surface area contributed by atoms with Gasteiger partial charge in [0, 0.05) is 0 Å². The van der Waals surface area contributed by atoms with E-state index in [4.69, 9.17) is 15.6 Å². The second kappa shape index (κ2) is 5.64. The largest absolute Gasteiger partial charge is 0.481 e. The third-order valence-electron chi connectivity index (χ3n) is 3.21. The van der Waals surface area contributed by atoms with Crippen molar-refractivity contribution in [3.8, 4) is 0 Å². The summed E-state index contributed by atoms with van der Waals surface area (Å²) < 4.78 is 5.81. The first-order chi connectivity index (χ1) is 7.44. The Kier molecular flexibility index (Phi) is 4.74. The normalized spacial score (nSPS) is 25.6. The van der Waals surface area contributed by atoms with E-state index in [0.717, 1.165) is 19.3 Å². The Morgan fingerprint density at radius 1 is 1.62 bits per heavy atom. The maximum absolute atomic E-state index is 11.1. The van der Waals surface area contributed by atoms with Crippen LogP contribution in [0.1, 0.15) is 46.0 Å². The topological polar surface area (TPSA) is 72.6 Å². The third kappa shape index (κ3) is 4.10. The van der Waals surface area contributed by atoms with Crippen LogP contribution in [-0.2, 0) is 9.53 Å². The zero-order valence-corrected chi connectivity index (χ0v) is 10.2. The highest BCUT2D eigenvalue weighted by atomic mass is 16.5. The minimum absolute atomic E-state index is 0.0818. The maximum atomic E-state index is 11.1. The zero-order chi connectivity index (χ0) is 12.2. The molecule has 0 spiro atoms. The van der Waals surface area contributed by atoms with Gasteiger partial charge in [0.1, 0.15) is 0 Å². The molecule has 0 aromatic heterocycles. The van der Waals surface area contributed by atoms with Gasteiger partial charge in [-0.15, -0.1) is 0 Å². The highest BCUT2D eigenvalue weighted by Gasteiger charge is 2.34. The minimum atomic E-state index is -0.721. The molecule has 0 bridgehead atoms. The molecule has 1 saturated heterocycles. The molecule has 1 heterocycles. The van der Waals surface area contributed by atoms with Crippen molar-refractivity contribution < 1.29 is 14.6 Å². The Labute approximate surface area is 97.2 Å². The van der Waals surface area contributed by atoms with Crippen molar-refractivity contribution in [3.05, 3.63) is 0 Å². The van der Waals surface area contributed by atoms with Crippen LogP contribution < -0.4 is 5.73 Å². The lowest BCUT2D eigenvalue weighted by molar-refractivity contribution is -0.143. The van der Waals surface area contributed by atoms with E-state index in [2.05, 4.69) is 13.8 Å². The molecule has 0 saturated carbocycles. The van der Waals surface area contributed by atoms with Crippen molar-refractivity contribution in [2.45, 2.75) is 57.7 Å². The van der Waals surface area contributed by atoms with Crippen LogP contribution in [0, 0.1) is 5.92 Å². The van der Waals surface area contributed by atoms with Crippen LogP contribution in [0.2, 0.25) is 0 Å². The van der Waals surface area contributed by atoms with Crippen molar-refractivity contribution >= 4 is 5.97 Å². The van der Waals surface area contributed by atoms with Gasteiger partial charge in [-0.1, -0.05) is 0 Å². The lowest BCUT2D eigenvalue weighted by Gasteiger charge is -2.21. The fourth-order valence-corrected chi connectivity index (χ4v) is 2.27. The summed E-state index contributed by atoms with van der Waals surface area (Å²) in [7, 11) is 0. The molecule has 0 aromatic carbocycles. The van der Waals surface area contributed by atoms with Gasteiger partial charge < -0.3 is 15.6 Å². The Morgan fingerprint density at radius 2 is 2.31 bits per heavy atom. The van der Waals surface area contributed by atoms with Gasteiger partial charge in [0.2, 0.25) is 0 Å². The molecule has 2 unspecified atom stereocenters. The second-order valence-corrected chi connectivity index (χ2v) is 5.24. The molecular weight excluding hydrogens is 206 g/mol. The van der Waals surface area contributed by atoms with Gasteiger partial charge in [-0.3, -0.25) is 4.79 Å². The summed E-state index contributed by atoms with van der Waals surface area (Å²) in [6.07, 6.45) is 4.15. The summed E-state index contributed by atoms with van der Waals surface area (Å²) in [5, 5.41) is 9.09. The number of hydrogen-bond donors (Lipinski definition) is 2. The quantitative estimate of drug-likeness (QED) is 0.728. The van der Waals surface area contributed by atoms with E-state index >= 15 is 0 Å². The van der Waals surface area contributed by atoms with Crippen molar-refractivity contribution in [2.24, 2.45) is 11.7 Å². The zero-order valence-electron chi connectivity index (χ0n) is 10.2. The molecule has 0 radical (unpaired) electrons. The van der Waals surface area contributed by atoms with Crippen molar-refractivity contribution in [3.63, 3.8) is 0 Å². The molecule has 0 aliphatic carbocycles. The summed E-state index contributed by atoms with van der Waals surface area (Å²) in [5.41, 5.74) is 5.32. The fourth-order valence-electron chi connectivity index (χ4n) is 2.27. The molecule has 4 nitrogen and oxygen atoms in total. The van der Waals surface area contributed by atoms with Gasteiger partial charge in [-0.2, -0.15) is 0 Å². The highest BCUT2D eigenvalue weighted by Crippen LogP contribution is 2.33. The molecule has 1 aliphatic heterocycles. The van der Waals surface area contributed by atoms with E-state index in [1.54, 1.807) is 0 Å². The van der Waals surface area contributed by atoms with E-state index in [1.165, 1.54) is 0 Å². The molecule has 94 valence electrons. The summed E-state index contributed by atoms with van der Waals surface area (Å²) in [4.78, 5) is 11.1. The predicted octanol–water partition coefficient (Wildman–Crippen LogP) is 1.77. The molecule has 3 N–H and O–H groups in total. The van der Waals surface area contributed by atoms with Crippen LogP contribution >= 0.6 is 0 Å². The first kappa shape index (κ1) is 13.5. The number of aliphatic carboxylic acids is 1. The molecule has 2 atom stereocenters. The summed E-state index contributed by atoms with van der Waals surface area (Å²) in [6.45, 7) is 4.67. The SMILES string of the molecule is CC1(C)CCC(CC(CCCN)C(=O)O)O1. The van der Waals surface area contributed by atoms with Gasteiger partial charge in [0.25, 0.3) is 0 Å². The number of carboxylic acids is 1. The fraction of sp³-hybridized carbons (Fsp3) is 0.917. The molecule has 4 heteroatoms. The number of carbonyl (C=O) groups is 1. The smallest absolute Gasteiger partial charge is 0.306 e. The first-order valence-corrected chi connectivity index (χ1v) is 6.05. The number of ether oxygens (including phenoxy) is 1. The van der Waals surface area contributed by atoms with Gasteiger partial charge in [0.15, 0.2) is 0 Å². The number of rotatable bonds is 6. The summed E-state index contributed by atoms with van der Waals surface area (Å²) >= 11 is 0. The van der Waals surface area contributed by atoms with Crippen LogP contribution in [0.3, 0.4) is 0 Å². The van der Waals surface area contributed by atoms with Gasteiger partial charge in [-0.25, -0.2) is 0 Å². The molecule has 1 fully saturated rings. The lowest BCUT2D eigenvalue weighted by atomic mass is 9.94. The average Bonchev–Trinajstić information content (AvgIpc) is 2.52. The molecule has 0 aromatic rings.